The predicted octanol–water partition coefficient (Wildman–Crippen LogP) is 2.96. The molecule has 0 atom stereocenters. The summed E-state index contributed by atoms with van der Waals surface area (Å²) in [6.07, 6.45) is 4.87. The van der Waals surface area contributed by atoms with Crippen molar-refractivity contribution in [2.75, 3.05) is 13.1 Å². The molecule has 0 bridgehead atoms. The molecule has 0 saturated carbocycles. The van der Waals surface area contributed by atoms with Gasteiger partial charge in [-0.1, -0.05) is 37.3 Å². The number of rotatable bonds is 4. The maximum atomic E-state index is 12.4. The van der Waals surface area contributed by atoms with Crippen molar-refractivity contribution in [3.8, 4) is 0 Å². The Bertz CT molecular complexity index is 633. The molecule has 22 heavy (non-hydrogen) atoms. The largest absolute Gasteiger partial charge is 0.331 e. The lowest BCUT2D eigenvalue weighted by Crippen LogP contribution is -2.45. The fourth-order valence-corrected chi connectivity index (χ4v) is 3.61. The Hall–Kier alpha value is -1.82. The third-order valence-corrected chi connectivity index (χ3v) is 5.23. The molecule has 1 fully saturated rings. The van der Waals surface area contributed by atoms with Crippen LogP contribution in [0.3, 0.4) is 0 Å². The molecule has 2 amide bonds. The van der Waals surface area contributed by atoms with E-state index in [0.29, 0.717) is 19.5 Å². The van der Waals surface area contributed by atoms with Crippen LogP contribution in [0.25, 0.3) is 6.08 Å². The second kappa shape index (κ2) is 7.45. The fourth-order valence-electron chi connectivity index (χ4n) is 2.45. The van der Waals surface area contributed by atoms with Crippen LogP contribution in [-0.4, -0.2) is 32.4 Å². The summed E-state index contributed by atoms with van der Waals surface area (Å²) >= 11 is 0. The van der Waals surface area contributed by atoms with Gasteiger partial charge in [0.25, 0.3) is 10.0 Å². The van der Waals surface area contributed by atoms with E-state index in [2.05, 4.69) is 4.72 Å². The van der Waals surface area contributed by atoms with Gasteiger partial charge in [0.1, 0.15) is 0 Å². The number of nitrogens with zero attached hydrogens (tertiary/aromatic N) is 1. The molecule has 1 aromatic carbocycles. The van der Waals surface area contributed by atoms with Gasteiger partial charge in [-0.15, -0.1) is 0 Å². The van der Waals surface area contributed by atoms with Crippen molar-refractivity contribution in [2.45, 2.75) is 32.6 Å². The topological polar surface area (TPSA) is 66.5 Å². The van der Waals surface area contributed by atoms with Crippen molar-refractivity contribution in [3.63, 3.8) is 0 Å². The first kappa shape index (κ1) is 16.5. The first-order chi connectivity index (χ1) is 10.5. The van der Waals surface area contributed by atoms with Crippen molar-refractivity contribution in [1.82, 2.24) is 9.62 Å². The van der Waals surface area contributed by atoms with Gasteiger partial charge in [-0.05, 0) is 37.3 Å². The lowest BCUT2D eigenvalue weighted by atomic mass is 10.1. The Balaban J connectivity index is 2.13. The normalized spacial score (nSPS) is 16.4. The van der Waals surface area contributed by atoms with Crippen LogP contribution in [0.15, 0.2) is 35.2 Å². The zero-order valence-corrected chi connectivity index (χ0v) is 13.6. The van der Waals surface area contributed by atoms with Gasteiger partial charge in [-0.3, -0.25) is 0 Å². The van der Waals surface area contributed by atoms with Crippen molar-refractivity contribution in [1.29, 1.82) is 0 Å². The van der Waals surface area contributed by atoms with Crippen LogP contribution < -0.4 is 4.72 Å². The van der Waals surface area contributed by atoms with Gasteiger partial charge in [0.05, 0.1) is 4.91 Å². The van der Waals surface area contributed by atoms with E-state index in [1.54, 1.807) is 17.9 Å². The van der Waals surface area contributed by atoms with Gasteiger partial charge >= 0.3 is 6.03 Å². The summed E-state index contributed by atoms with van der Waals surface area (Å²) in [5, 5.41) is 0. The number of hydrogen-bond acceptors (Lipinski definition) is 3. The molecule has 0 radical (unpaired) electrons. The molecule has 2 rings (SSSR count). The number of allylic oxidation sites excluding steroid dienone is 1. The number of piperidine rings is 1. The Morgan fingerprint density at radius 2 is 1.82 bits per heavy atom. The minimum absolute atomic E-state index is 0.212. The maximum Gasteiger partial charge on any atom is 0.331 e. The molecule has 120 valence electrons. The Morgan fingerprint density at radius 3 is 2.41 bits per heavy atom. The summed E-state index contributed by atoms with van der Waals surface area (Å²) in [6, 6.07) is 8.70. The number of carbonyl (C=O) groups excluding carboxylic acids is 1. The van der Waals surface area contributed by atoms with Crippen molar-refractivity contribution in [2.24, 2.45) is 0 Å². The van der Waals surface area contributed by atoms with Crippen LogP contribution >= 0.6 is 0 Å². The number of sulfonamides is 1. The molecule has 1 aliphatic rings. The smallest absolute Gasteiger partial charge is 0.324 e. The van der Waals surface area contributed by atoms with Crippen molar-refractivity contribution >= 4 is 22.1 Å². The van der Waals surface area contributed by atoms with Crippen LogP contribution in [0.1, 0.15) is 38.2 Å². The number of urea groups is 1. The number of benzene rings is 1. The molecular weight excluding hydrogens is 300 g/mol. The molecule has 6 heteroatoms. The zero-order valence-electron chi connectivity index (χ0n) is 12.8. The Labute approximate surface area is 132 Å². The summed E-state index contributed by atoms with van der Waals surface area (Å²) in [5.41, 5.74) is 0.801. The fraction of sp³-hybridized carbons (Fsp3) is 0.438. The highest BCUT2D eigenvalue weighted by molar-refractivity contribution is 7.94. The van der Waals surface area contributed by atoms with E-state index in [-0.39, 0.29) is 4.91 Å². The first-order valence-corrected chi connectivity index (χ1v) is 9.08. The highest BCUT2D eigenvalue weighted by Crippen LogP contribution is 2.16. The first-order valence-electron chi connectivity index (χ1n) is 7.60. The molecule has 0 spiro atoms. The summed E-state index contributed by atoms with van der Waals surface area (Å²) in [4.78, 5) is 13.9. The summed E-state index contributed by atoms with van der Waals surface area (Å²) < 4.78 is 27.0. The molecule has 1 aromatic rings. The zero-order chi connectivity index (χ0) is 16.0. The van der Waals surface area contributed by atoms with Gasteiger partial charge in [-0.2, -0.15) is 0 Å². The predicted molar refractivity (Wildman–Crippen MR) is 87.6 cm³/mol. The van der Waals surface area contributed by atoms with E-state index in [1.165, 1.54) is 0 Å². The van der Waals surface area contributed by atoms with E-state index in [1.807, 2.05) is 30.3 Å². The monoisotopic (exact) mass is 322 g/mol. The van der Waals surface area contributed by atoms with Gasteiger partial charge in [-0.25, -0.2) is 17.9 Å². The second-order valence-corrected chi connectivity index (χ2v) is 7.07. The van der Waals surface area contributed by atoms with Crippen LogP contribution in [-0.2, 0) is 10.0 Å². The highest BCUT2D eigenvalue weighted by atomic mass is 32.2. The SMILES string of the molecule is CC/C(=C\c1ccccc1)S(=O)(=O)NC(=O)N1CCCCC1. The molecule has 0 aliphatic carbocycles. The summed E-state index contributed by atoms with van der Waals surface area (Å²) in [5.74, 6) is 0. The van der Waals surface area contributed by atoms with Gasteiger partial charge < -0.3 is 4.90 Å². The summed E-state index contributed by atoms with van der Waals surface area (Å²) in [7, 11) is -3.80. The number of hydrogen-bond donors (Lipinski definition) is 1. The van der Waals surface area contributed by atoms with Crippen LogP contribution in [0.4, 0.5) is 4.79 Å². The maximum absolute atomic E-state index is 12.4. The van der Waals surface area contributed by atoms with Gasteiger partial charge in [0, 0.05) is 13.1 Å². The molecule has 1 N–H and O–H groups in total. The molecular formula is C16H22N2O3S. The minimum Gasteiger partial charge on any atom is -0.324 e. The van der Waals surface area contributed by atoms with E-state index in [9.17, 15) is 13.2 Å². The summed E-state index contributed by atoms with van der Waals surface area (Å²) in [6.45, 7) is 3.00. The van der Waals surface area contributed by atoms with Crippen molar-refractivity contribution < 1.29 is 13.2 Å². The third-order valence-electron chi connectivity index (χ3n) is 3.69. The number of amides is 2. The number of likely N-dealkylation sites (tertiary alicyclic amines) is 1. The van der Waals surface area contributed by atoms with Crippen LogP contribution in [0.2, 0.25) is 0 Å². The average Bonchev–Trinajstić information content (AvgIpc) is 2.54. The molecule has 1 saturated heterocycles. The van der Waals surface area contributed by atoms with Crippen LogP contribution in [0, 0.1) is 0 Å². The molecule has 5 nitrogen and oxygen atoms in total. The Morgan fingerprint density at radius 1 is 1.18 bits per heavy atom. The van der Waals surface area contributed by atoms with E-state index in [0.717, 1.165) is 24.8 Å². The average molecular weight is 322 g/mol. The van der Waals surface area contributed by atoms with Gasteiger partial charge in [0.2, 0.25) is 0 Å². The van der Waals surface area contributed by atoms with Gasteiger partial charge in [0.15, 0.2) is 0 Å². The number of nitrogens with one attached hydrogen (secondary N) is 1. The standard InChI is InChI=1S/C16H22N2O3S/c1-2-15(13-14-9-5-3-6-10-14)22(20,21)17-16(19)18-11-7-4-8-12-18/h3,5-6,9-10,13H,2,4,7-8,11-12H2,1H3,(H,17,19)/b15-13+. The molecule has 0 unspecified atom stereocenters. The Kier molecular flexibility index (Phi) is 5.60. The molecule has 1 aliphatic heterocycles. The molecule has 1 heterocycles. The lowest BCUT2D eigenvalue weighted by Gasteiger charge is -2.26. The quantitative estimate of drug-likeness (QED) is 0.927. The van der Waals surface area contributed by atoms with Crippen LogP contribution in [0.5, 0.6) is 0 Å². The number of carbonyl (C=O) groups is 1. The van der Waals surface area contributed by atoms with Crippen molar-refractivity contribution in [3.05, 3.63) is 40.8 Å². The third kappa shape index (κ3) is 4.34. The van der Waals surface area contributed by atoms with E-state index < -0.39 is 16.1 Å². The molecule has 0 aromatic heterocycles. The van der Waals surface area contributed by atoms with E-state index in [4.69, 9.17) is 0 Å². The minimum atomic E-state index is -3.80. The van der Waals surface area contributed by atoms with E-state index >= 15 is 0 Å². The second-order valence-electron chi connectivity index (χ2n) is 5.33. The lowest BCUT2D eigenvalue weighted by molar-refractivity contribution is 0.192. The highest BCUT2D eigenvalue weighted by Gasteiger charge is 2.24.